The van der Waals surface area contributed by atoms with Crippen molar-refractivity contribution in [2.45, 2.75) is 57.7 Å². The number of anilines is 3. The second kappa shape index (κ2) is 9.75. The number of carbonyl (C=O) groups excluding carboxylic acids is 1. The summed E-state index contributed by atoms with van der Waals surface area (Å²) in [5.41, 5.74) is -2.80. The fourth-order valence-corrected chi connectivity index (χ4v) is 4.42. The Labute approximate surface area is 217 Å². The van der Waals surface area contributed by atoms with Crippen molar-refractivity contribution >= 4 is 23.0 Å². The third-order valence-electron chi connectivity index (χ3n) is 6.84. The van der Waals surface area contributed by atoms with Gasteiger partial charge in [-0.25, -0.2) is 13.8 Å². The van der Waals surface area contributed by atoms with Crippen LogP contribution in [0, 0.1) is 6.92 Å². The quantitative estimate of drug-likeness (QED) is 0.376. The molecule has 2 atom stereocenters. The number of ether oxygens (including phenoxy) is 1. The third-order valence-corrected chi connectivity index (χ3v) is 6.84. The molecule has 0 aliphatic carbocycles. The predicted molar refractivity (Wildman–Crippen MR) is 137 cm³/mol. The summed E-state index contributed by atoms with van der Waals surface area (Å²) in [6.45, 7) is 6.04. The molecule has 202 valence electrons. The standard InChI is InChI=1S/C26H29F2N5O5/c1-13(2)33(5)24(37)19-20(34)15(8-10-30-19)31-17-18(22(36)21(17)35)32-23(16-14(3)7-6-9-29-16)25(4)11-26(27,28)12-38-25/h6-10,13,23,32,34H,11-12H2,1-5H3,(H,30,31). The maximum atomic E-state index is 14.2. The van der Waals surface area contributed by atoms with Gasteiger partial charge in [0.1, 0.15) is 18.0 Å². The number of carbonyl (C=O) groups is 1. The first-order valence-electron chi connectivity index (χ1n) is 12.0. The number of pyridine rings is 2. The predicted octanol–water partition coefficient (Wildman–Crippen LogP) is 3.28. The minimum Gasteiger partial charge on any atom is -0.504 e. The molecule has 10 nitrogen and oxygen atoms in total. The zero-order chi connectivity index (χ0) is 28.0. The van der Waals surface area contributed by atoms with Crippen LogP contribution in [0.2, 0.25) is 0 Å². The van der Waals surface area contributed by atoms with E-state index in [1.807, 2.05) is 0 Å². The Kier molecular flexibility index (Phi) is 6.96. The van der Waals surface area contributed by atoms with Gasteiger partial charge in [-0.15, -0.1) is 0 Å². The molecule has 0 bridgehead atoms. The molecule has 1 saturated heterocycles. The van der Waals surface area contributed by atoms with Crippen LogP contribution in [0.5, 0.6) is 5.75 Å². The van der Waals surface area contributed by atoms with Crippen molar-refractivity contribution in [2.75, 3.05) is 24.3 Å². The van der Waals surface area contributed by atoms with Crippen LogP contribution in [0.3, 0.4) is 0 Å². The van der Waals surface area contributed by atoms with E-state index in [9.17, 15) is 28.3 Å². The van der Waals surface area contributed by atoms with E-state index in [-0.39, 0.29) is 28.8 Å². The minimum absolute atomic E-state index is 0.0314. The van der Waals surface area contributed by atoms with E-state index in [2.05, 4.69) is 20.6 Å². The topological polar surface area (TPSA) is 134 Å². The summed E-state index contributed by atoms with van der Waals surface area (Å²) >= 11 is 0. The zero-order valence-electron chi connectivity index (χ0n) is 21.6. The number of nitrogens with zero attached hydrogens (tertiary/aromatic N) is 3. The average molecular weight is 530 g/mol. The first-order chi connectivity index (χ1) is 17.8. The van der Waals surface area contributed by atoms with E-state index in [1.54, 1.807) is 40.0 Å². The van der Waals surface area contributed by atoms with Crippen molar-refractivity contribution < 1.29 is 23.4 Å². The summed E-state index contributed by atoms with van der Waals surface area (Å²) in [4.78, 5) is 47.6. The molecule has 1 aliphatic heterocycles. The highest BCUT2D eigenvalue weighted by molar-refractivity contribution is 5.97. The van der Waals surface area contributed by atoms with Crippen LogP contribution in [-0.4, -0.2) is 57.1 Å². The van der Waals surface area contributed by atoms with Gasteiger partial charge in [0.2, 0.25) is 0 Å². The van der Waals surface area contributed by atoms with Crippen LogP contribution in [0.15, 0.2) is 40.2 Å². The van der Waals surface area contributed by atoms with Gasteiger partial charge in [-0.3, -0.25) is 19.4 Å². The Morgan fingerprint density at radius 1 is 1.16 bits per heavy atom. The van der Waals surface area contributed by atoms with E-state index in [0.717, 1.165) is 0 Å². The number of hydrogen-bond acceptors (Lipinski definition) is 9. The number of nitrogens with one attached hydrogen (secondary N) is 2. The molecule has 1 aromatic carbocycles. The maximum Gasteiger partial charge on any atom is 0.276 e. The SMILES string of the molecule is Cc1cccnc1C(Nc1c(Nc2ccnc(C(=O)N(C)C(C)C)c2O)c(=O)c1=O)C1(C)CC(F)(F)CO1. The molecule has 1 aliphatic rings. The van der Waals surface area contributed by atoms with Crippen LogP contribution >= 0.6 is 0 Å². The highest BCUT2D eigenvalue weighted by atomic mass is 19.3. The number of halogens is 2. The zero-order valence-corrected chi connectivity index (χ0v) is 21.6. The number of aryl methyl sites for hydroxylation is 1. The molecule has 38 heavy (non-hydrogen) atoms. The van der Waals surface area contributed by atoms with Gasteiger partial charge in [0.25, 0.3) is 22.7 Å². The summed E-state index contributed by atoms with van der Waals surface area (Å²) in [7, 11) is 1.56. The average Bonchev–Trinajstić information content (AvgIpc) is 3.16. The van der Waals surface area contributed by atoms with Crippen molar-refractivity contribution in [1.82, 2.24) is 14.9 Å². The van der Waals surface area contributed by atoms with Crippen LogP contribution in [0.1, 0.15) is 55.0 Å². The summed E-state index contributed by atoms with van der Waals surface area (Å²) in [5, 5.41) is 16.4. The Morgan fingerprint density at radius 3 is 2.45 bits per heavy atom. The van der Waals surface area contributed by atoms with Crippen LogP contribution in [0.4, 0.5) is 25.8 Å². The minimum atomic E-state index is -3.08. The largest absolute Gasteiger partial charge is 0.504 e. The summed E-state index contributed by atoms with van der Waals surface area (Å²) in [5.74, 6) is -4.13. The lowest BCUT2D eigenvalue weighted by atomic mass is 9.87. The summed E-state index contributed by atoms with van der Waals surface area (Å²) in [6, 6.07) is 3.60. The highest BCUT2D eigenvalue weighted by Gasteiger charge is 2.53. The van der Waals surface area contributed by atoms with Gasteiger partial charge >= 0.3 is 0 Å². The number of hydrogen-bond donors (Lipinski definition) is 3. The molecule has 3 heterocycles. The normalized spacial score (nSPS) is 19.5. The molecule has 2 aromatic heterocycles. The van der Waals surface area contributed by atoms with Gasteiger partial charge in [-0.1, -0.05) is 6.07 Å². The lowest BCUT2D eigenvalue weighted by Crippen LogP contribution is -2.44. The van der Waals surface area contributed by atoms with Gasteiger partial charge < -0.3 is 25.4 Å². The van der Waals surface area contributed by atoms with E-state index in [4.69, 9.17) is 4.74 Å². The molecule has 1 amide bonds. The van der Waals surface area contributed by atoms with Crippen molar-refractivity contribution in [3.05, 3.63) is 68.0 Å². The second-order valence-corrected chi connectivity index (χ2v) is 10.0. The smallest absolute Gasteiger partial charge is 0.276 e. The number of alkyl halides is 2. The number of rotatable bonds is 8. The molecular weight excluding hydrogens is 500 g/mol. The molecule has 3 aromatic rings. The fourth-order valence-electron chi connectivity index (χ4n) is 4.42. The first-order valence-corrected chi connectivity index (χ1v) is 12.0. The van der Waals surface area contributed by atoms with Gasteiger partial charge in [0.15, 0.2) is 11.4 Å². The van der Waals surface area contributed by atoms with E-state index >= 15 is 0 Å². The summed E-state index contributed by atoms with van der Waals surface area (Å²) in [6.07, 6.45) is 2.14. The Bertz CT molecular complexity index is 1450. The van der Waals surface area contributed by atoms with Gasteiger partial charge in [-0.05, 0) is 45.4 Å². The molecule has 0 radical (unpaired) electrons. The monoisotopic (exact) mass is 529 g/mol. The molecule has 1 fully saturated rings. The second-order valence-electron chi connectivity index (χ2n) is 10.0. The lowest BCUT2D eigenvalue weighted by Gasteiger charge is -2.35. The Morgan fingerprint density at radius 2 is 1.84 bits per heavy atom. The molecule has 4 rings (SSSR count). The lowest BCUT2D eigenvalue weighted by molar-refractivity contribution is -0.0248. The van der Waals surface area contributed by atoms with Gasteiger partial charge in [0.05, 0.1) is 23.0 Å². The fraction of sp³-hybridized carbons (Fsp3) is 0.423. The molecule has 0 saturated carbocycles. The van der Waals surface area contributed by atoms with Crippen molar-refractivity contribution in [3.8, 4) is 5.75 Å². The number of amides is 1. The van der Waals surface area contributed by atoms with Crippen molar-refractivity contribution in [2.24, 2.45) is 0 Å². The van der Waals surface area contributed by atoms with Gasteiger partial charge in [-0.2, -0.15) is 0 Å². The van der Waals surface area contributed by atoms with Crippen LogP contribution in [0.25, 0.3) is 0 Å². The van der Waals surface area contributed by atoms with E-state index in [1.165, 1.54) is 30.3 Å². The highest BCUT2D eigenvalue weighted by Crippen LogP contribution is 2.46. The van der Waals surface area contributed by atoms with Crippen LogP contribution < -0.4 is 21.5 Å². The Balaban J connectivity index is 1.70. The van der Waals surface area contributed by atoms with Crippen molar-refractivity contribution in [3.63, 3.8) is 0 Å². The molecular formula is C26H29F2N5O5. The van der Waals surface area contributed by atoms with E-state index in [0.29, 0.717) is 11.3 Å². The van der Waals surface area contributed by atoms with Gasteiger partial charge in [0, 0.05) is 31.9 Å². The molecule has 12 heteroatoms. The van der Waals surface area contributed by atoms with E-state index < -0.39 is 53.1 Å². The first kappa shape index (κ1) is 27.1. The molecule has 3 N–H and O–H groups in total. The maximum absolute atomic E-state index is 14.2. The number of aromatic nitrogens is 2. The van der Waals surface area contributed by atoms with Crippen LogP contribution in [-0.2, 0) is 4.74 Å². The Hall–Kier alpha value is -3.93. The molecule has 2 unspecified atom stereocenters. The molecule has 0 spiro atoms. The third kappa shape index (κ3) is 4.83. The summed E-state index contributed by atoms with van der Waals surface area (Å²) < 4.78 is 34.0. The van der Waals surface area contributed by atoms with Crippen molar-refractivity contribution in [1.29, 1.82) is 0 Å². The number of aromatic hydroxyl groups is 1.